The summed E-state index contributed by atoms with van der Waals surface area (Å²) in [5.41, 5.74) is 6.21. The van der Waals surface area contributed by atoms with Crippen LogP contribution in [0.2, 0.25) is 0 Å². The zero-order valence-electron chi connectivity index (χ0n) is 11.3. The van der Waals surface area contributed by atoms with Crippen LogP contribution in [-0.2, 0) is 6.54 Å². The van der Waals surface area contributed by atoms with Gasteiger partial charge in [0, 0.05) is 25.4 Å². The third-order valence-corrected chi connectivity index (χ3v) is 3.71. The van der Waals surface area contributed by atoms with Gasteiger partial charge in [-0.2, -0.15) is 5.10 Å². The van der Waals surface area contributed by atoms with Crippen molar-refractivity contribution in [1.82, 2.24) is 14.7 Å². The van der Waals surface area contributed by atoms with Crippen LogP contribution >= 0.6 is 0 Å². The van der Waals surface area contributed by atoms with Crippen LogP contribution in [0.4, 0.5) is 5.69 Å². The van der Waals surface area contributed by atoms with Crippen molar-refractivity contribution in [2.75, 3.05) is 25.4 Å². The summed E-state index contributed by atoms with van der Waals surface area (Å²) in [6, 6.07) is 0.399. The maximum absolute atomic E-state index is 10.1. The van der Waals surface area contributed by atoms with E-state index in [1.165, 1.54) is 12.8 Å². The van der Waals surface area contributed by atoms with Gasteiger partial charge in [0.25, 0.3) is 0 Å². The molecular weight excluding hydrogens is 244 g/mol. The number of likely N-dealkylation sites (tertiary alicyclic amines) is 1. The first-order valence-corrected chi connectivity index (χ1v) is 7.00. The molecule has 6 heteroatoms. The van der Waals surface area contributed by atoms with Crippen LogP contribution in [0, 0.1) is 0 Å². The normalized spacial score (nSPS) is 22.5. The Balaban J connectivity index is 1.84. The summed E-state index contributed by atoms with van der Waals surface area (Å²) >= 11 is 0. The highest BCUT2D eigenvalue weighted by molar-refractivity contribution is 5.30. The zero-order chi connectivity index (χ0) is 13.7. The van der Waals surface area contributed by atoms with E-state index in [1.54, 1.807) is 17.1 Å². The molecule has 0 spiro atoms. The molecule has 108 valence electrons. The SMILES string of the molecule is Nc1cnn(CC(O)CN2CCCCC2CCO)c1. The molecule has 0 aliphatic carbocycles. The van der Waals surface area contributed by atoms with E-state index >= 15 is 0 Å². The van der Waals surface area contributed by atoms with Crippen molar-refractivity contribution in [3.05, 3.63) is 12.4 Å². The maximum Gasteiger partial charge on any atom is 0.0862 e. The molecule has 0 aromatic carbocycles. The number of aromatic nitrogens is 2. The highest BCUT2D eigenvalue weighted by Gasteiger charge is 2.23. The van der Waals surface area contributed by atoms with Gasteiger partial charge in [0.05, 0.1) is 24.5 Å². The fourth-order valence-corrected chi connectivity index (χ4v) is 2.80. The second kappa shape index (κ2) is 6.88. The molecule has 2 heterocycles. The van der Waals surface area contributed by atoms with Crippen molar-refractivity contribution in [3.8, 4) is 0 Å². The van der Waals surface area contributed by atoms with E-state index in [0.29, 0.717) is 24.8 Å². The van der Waals surface area contributed by atoms with Gasteiger partial charge in [0.1, 0.15) is 0 Å². The second-order valence-corrected chi connectivity index (χ2v) is 5.31. The van der Waals surface area contributed by atoms with E-state index in [2.05, 4.69) is 10.00 Å². The Hall–Kier alpha value is -1.11. The lowest BCUT2D eigenvalue weighted by atomic mass is 9.99. The molecular formula is C13H24N4O2. The smallest absolute Gasteiger partial charge is 0.0862 e. The molecule has 1 aliphatic heterocycles. The number of β-amino-alcohol motifs (C(OH)–C–C–N with tert-alkyl or cyclic N) is 1. The first-order valence-electron chi connectivity index (χ1n) is 7.00. The van der Waals surface area contributed by atoms with Gasteiger partial charge in [-0.3, -0.25) is 9.58 Å². The van der Waals surface area contributed by atoms with Crippen molar-refractivity contribution in [1.29, 1.82) is 0 Å². The van der Waals surface area contributed by atoms with Crippen LogP contribution in [0.5, 0.6) is 0 Å². The Morgan fingerprint density at radius 1 is 1.42 bits per heavy atom. The van der Waals surface area contributed by atoms with E-state index in [0.717, 1.165) is 19.4 Å². The minimum atomic E-state index is -0.460. The Bertz CT molecular complexity index is 380. The molecule has 1 aliphatic rings. The van der Waals surface area contributed by atoms with E-state index in [4.69, 9.17) is 10.8 Å². The van der Waals surface area contributed by atoms with Gasteiger partial charge in [-0.05, 0) is 25.8 Å². The van der Waals surface area contributed by atoms with Crippen molar-refractivity contribution >= 4 is 5.69 Å². The van der Waals surface area contributed by atoms with Crippen molar-refractivity contribution in [2.45, 2.75) is 44.4 Å². The van der Waals surface area contributed by atoms with E-state index in [1.807, 2.05) is 0 Å². The van der Waals surface area contributed by atoms with Crippen LogP contribution in [-0.4, -0.2) is 56.7 Å². The average molecular weight is 268 g/mol. The van der Waals surface area contributed by atoms with Crippen LogP contribution in [0.1, 0.15) is 25.7 Å². The summed E-state index contributed by atoms with van der Waals surface area (Å²) in [4.78, 5) is 2.29. The minimum Gasteiger partial charge on any atom is -0.396 e. The molecule has 0 amide bonds. The third-order valence-electron chi connectivity index (χ3n) is 3.71. The number of piperidine rings is 1. The Kier molecular flexibility index (Phi) is 5.18. The van der Waals surface area contributed by atoms with Gasteiger partial charge < -0.3 is 15.9 Å². The molecule has 1 saturated heterocycles. The van der Waals surface area contributed by atoms with Crippen LogP contribution < -0.4 is 5.73 Å². The highest BCUT2D eigenvalue weighted by atomic mass is 16.3. The topological polar surface area (TPSA) is 87.5 Å². The predicted molar refractivity (Wildman–Crippen MR) is 73.6 cm³/mol. The highest BCUT2D eigenvalue weighted by Crippen LogP contribution is 2.19. The lowest BCUT2D eigenvalue weighted by Crippen LogP contribution is -2.45. The summed E-state index contributed by atoms with van der Waals surface area (Å²) in [5.74, 6) is 0. The molecule has 2 atom stereocenters. The molecule has 1 aromatic rings. The number of nitrogens with zero attached hydrogens (tertiary/aromatic N) is 3. The van der Waals surface area contributed by atoms with Gasteiger partial charge in [-0.25, -0.2) is 0 Å². The van der Waals surface area contributed by atoms with Crippen LogP contribution in [0.3, 0.4) is 0 Å². The van der Waals surface area contributed by atoms with Gasteiger partial charge in [0.2, 0.25) is 0 Å². The Labute approximate surface area is 113 Å². The average Bonchev–Trinajstić information content (AvgIpc) is 2.77. The summed E-state index contributed by atoms with van der Waals surface area (Å²) in [5, 5.41) is 23.3. The summed E-state index contributed by atoms with van der Waals surface area (Å²) in [6.07, 6.45) is 7.14. The Morgan fingerprint density at radius 3 is 2.95 bits per heavy atom. The molecule has 19 heavy (non-hydrogen) atoms. The van der Waals surface area contributed by atoms with Crippen molar-refractivity contribution in [2.24, 2.45) is 0 Å². The largest absolute Gasteiger partial charge is 0.396 e. The van der Waals surface area contributed by atoms with Gasteiger partial charge in [0.15, 0.2) is 0 Å². The third kappa shape index (κ3) is 4.19. The van der Waals surface area contributed by atoms with Gasteiger partial charge >= 0.3 is 0 Å². The van der Waals surface area contributed by atoms with E-state index in [-0.39, 0.29) is 6.61 Å². The molecule has 0 radical (unpaired) electrons. The molecule has 2 unspecified atom stereocenters. The number of rotatable bonds is 6. The van der Waals surface area contributed by atoms with E-state index in [9.17, 15) is 5.11 Å². The van der Waals surface area contributed by atoms with Crippen LogP contribution in [0.15, 0.2) is 12.4 Å². The quantitative estimate of drug-likeness (QED) is 0.679. The number of nitrogen functional groups attached to an aromatic ring is 1. The molecule has 0 saturated carbocycles. The number of hydrogen-bond acceptors (Lipinski definition) is 5. The number of aliphatic hydroxyl groups is 2. The number of aliphatic hydroxyl groups excluding tert-OH is 2. The van der Waals surface area contributed by atoms with Crippen molar-refractivity contribution in [3.63, 3.8) is 0 Å². The summed E-state index contributed by atoms with van der Waals surface area (Å²) in [7, 11) is 0. The molecule has 1 fully saturated rings. The molecule has 1 aromatic heterocycles. The number of nitrogens with two attached hydrogens (primary N) is 1. The fourth-order valence-electron chi connectivity index (χ4n) is 2.80. The zero-order valence-corrected chi connectivity index (χ0v) is 11.3. The monoisotopic (exact) mass is 268 g/mol. The van der Waals surface area contributed by atoms with Gasteiger partial charge in [-0.1, -0.05) is 6.42 Å². The summed E-state index contributed by atoms with van der Waals surface area (Å²) in [6.45, 7) is 2.31. The van der Waals surface area contributed by atoms with Gasteiger partial charge in [-0.15, -0.1) is 0 Å². The summed E-state index contributed by atoms with van der Waals surface area (Å²) < 4.78 is 1.67. The minimum absolute atomic E-state index is 0.215. The van der Waals surface area contributed by atoms with Crippen LogP contribution in [0.25, 0.3) is 0 Å². The molecule has 2 rings (SSSR count). The van der Waals surface area contributed by atoms with Crippen molar-refractivity contribution < 1.29 is 10.2 Å². The number of hydrogen-bond donors (Lipinski definition) is 3. The van der Waals surface area contributed by atoms with E-state index < -0.39 is 6.10 Å². The first kappa shape index (κ1) is 14.3. The lowest BCUT2D eigenvalue weighted by molar-refractivity contribution is 0.0475. The number of anilines is 1. The first-order chi connectivity index (χ1) is 9.19. The molecule has 6 nitrogen and oxygen atoms in total. The fraction of sp³-hybridized carbons (Fsp3) is 0.769. The standard InChI is InChI=1S/C13H24N4O2/c14-11-7-15-17(8-11)10-13(19)9-16-5-2-1-3-12(16)4-6-18/h7-8,12-13,18-19H,1-6,9-10,14H2. The second-order valence-electron chi connectivity index (χ2n) is 5.31. The molecule has 4 N–H and O–H groups in total. The Morgan fingerprint density at radius 2 is 2.26 bits per heavy atom. The predicted octanol–water partition coefficient (Wildman–Crippen LogP) is 0.0631. The lowest BCUT2D eigenvalue weighted by Gasteiger charge is -2.36. The maximum atomic E-state index is 10.1. The molecule has 0 bridgehead atoms.